The Morgan fingerprint density at radius 2 is 1.56 bits per heavy atom. The summed E-state index contributed by atoms with van der Waals surface area (Å²) in [5.74, 6) is -0.278. The Kier molecular flexibility index (Phi) is 7.61. The van der Waals surface area contributed by atoms with Gasteiger partial charge < -0.3 is 9.47 Å². The number of methoxy groups -OCH3 is 1. The highest BCUT2D eigenvalue weighted by molar-refractivity contribution is 5.83. The Morgan fingerprint density at radius 1 is 1.06 bits per heavy atom. The van der Waals surface area contributed by atoms with Gasteiger partial charge in [-0.05, 0) is 19.1 Å². The molecule has 0 amide bonds. The number of rotatable bonds is 3. The van der Waals surface area contributed by atoms with Crippen LogP contribution in [0.15, 0.2) is 49.6 Å². The molecule has 0 atom stereocenters. The summed E-state index contributed by atoms with van der Waals surface area (Å²) < 4.78 is 9.00. The molecule has 0 saturated heterocycles. The Hall–Kier alpha value is -2.36. The smallest absolute Gasteiger partial charge is 0.335 e. The second kappa shape index (κ2) is 8.75. The summed E-state index contributed by atoms with van der Waals surface area (Å²) in [5, 5.41) is 0. The molecule has 0 aromatic heterocycles. The van der Waals surface area contributed by atoms with Gasteiger partial charge in [-0.15, -0.1) is 0 Å². The van der Waals surface area contributed by atoms with E-state index in [1.165, 1.54) is 7.11 Å². The average Bonchev–Trinajstić information content (AvgIpc) is 2.41. The van der Waals surface area contributed by atoms with Crippen LogP contribution < -0.4 is 4.74 Å². The zero-order valence-corrected chi connectivity index (χ0v) is 10.5. The lowest BCUT2D eigenvalue weighted by molar-refractivity contribution is -0.134. The van der Waals surface area contributed by atoms with Crippen LogP contribution in [-0.4, -0.2) is 19.0 Å². The molecule has 96 valence electrons. The van der Waals surface area contributed by atoms with Crippen molar-refractivity contribution in [2.24, 2.45) is 0 Å². The quantitative estimate of drug-likeness (QED) is 0.468. The average molecular weight is 248 g/mol. The van der Waals surface area contributed by atoms with Crippen molar-refractivity contribution in [1.82, 2.24) is 0 Å². The van der Waals surface area contributed by atoms with Gasteiger partial charge in [0, 0.05) is 12.2 Å². The Morgan fingerprint density at radius 3 is 1.89 bits per heavy atom. The summed E-state index contributed by atoms with van der Waals surface area (Å²) in [6.45, 7) is 8.43. The van der Waals surface area contributed by atoms with Crippen molar-refractivity contribution in [2.75, 3.05) is 7.11 Å². The van der Waals surface area contributed by atoms with E-state index in [0.717, 1.165) is 17.7 Å². The topological polar surface area (TPSA) is 52.6 Å². The monoisotopic (exact) mass is 248 g/mol. The van der Waals surface area contributed by atoms with Gasteiger partial charge in [-0.2, -0.15) is 0 Å². The highest BCUT2D eigenvalue weighted by Crippen LogP contribution is 2.11. The van der Waals surface area contributed by atoms with Gasteiger partial charge in [0.15, 0.2) is 0 Å². The first-order valence-corrected chi connectivity index (χ1v) is 5.14. The summed E-state index contributed by atoms with van der Waals surface area (Å²) in [6, 6.07) is 7.25. The molecular weight excluding hydrogens is 232 g/mol. The molecule has 0 fully saturated rings. The lowest BCUT2D eigenvalue weighted by Gasteiger charge is -2.00. The molecule has 0 saturated carbocycles. The highest BCUT2D eigenvalue weighted by Gasteiger charge is 1.97. The van der Waals surface area contributed by atoms with E-state index in [4.69, 9.17) is 4.74 Å². The van der Waals surface area contributed by atoms with E-state index in [2.05, 4.69) is 17.9 Å². The van der Waals surface area contributed by atoms with Crippen molar-refractivity contribution in [3.8, 4) is 5.75 Å². The maximum atomic E-state index is 10.7. The lowest BCUT2D eigenvalue weighted by Crippen LogP contribution is -2.02. The van der Waals surface area contributed by atoms with Crippen molar-refractivity contribution in [1.29, 1.82) is 0 Å². The molecule has 0 aliphatic rings. The van der Waals surface area contributed by atoms with Crippen LogP contribution in [0.5, 0.6) is 5.75 Å². The molecule has 1 rings (SSSR count). The first-order valence-electron chi connectivity index (χ1n) is 5.14. The van der Waals surface area contributed by atoms with Crippen LogP contribution >= 0.6 is 0 Å². The molecule has 0 bridgehead atoms. The molecule has 4 nitrogen and oxygen atoms in total. The van der Waals surface area contributed by atoms with Crippen LogP contribution in [0.3, 0.4) is 0 Å². The predicted octanol–water partition coefficient (Wildman–Crippen LogP) is 2.43. The van der Waals surface area contributed by atoms with Gasteiger partial charge in [0.1, 0.15) is 5.75 Å². The van der Waals surface area contributed by atoms with Gasteiger partial charge >= 0.3 is 11.9 Å². The summed E-state index contributed by atoms with van der Waals surface area (Å²) in [5.41, 5.74) is 1.13. The maximum Gasteiger partial charge on any atom is 0.335 e. The Bertz CT molecular complexity index is 418. The van der Waals surface area contributed by atoms with Gasteiger partial charge in [-0.1, -0.05) is 30.9 Å². The number of carbonyl (C=O) groups excluding carboxylic acids is 2. The van der Waals surface area contributed by atoms with Gasteiger partial charge in [-0.3, -0.25) is 0 Å². The Labute approximate surface area is 107 Å². The van der Waals surface area contributed by atoms with Gasteiger partial charge in [0.25, 0.3) is 0 Å². The van der Waals surface area contributed by atoms with Crippen molar-refractivity contribution in [2.45, 2.75) is 6.92 Å². The highest BCUT2D eigenvalue weighted by atomic mass is 16.5. The summed E-state index contributed by atoms with van der Waals surface area (Å²) in [7, 11) is 1.31. The van der Waals surface area contributed by atoms with Crippen molar-refractivity contribution in [3.63, 3.8) is 0 Å². The summed E-state index contributed by atoms with van der Waals surface area (Å²) >= 11 is 0. The van der Waals surface area contributed by atoms with Gasteiger partial charge in [0.2, 0.25) is 0 Å². The molecule has 0 radical (unpaired) electrons. The molecule has 0 spiro atoms. The standard InChI is InChI=1S/C10H10O2.C4H6O2/c1-3-10(11)12-9-6-4-8(2)5-7-9;1-3-4(5)6-2/h3-7H,1H2,2H3;3H,1H2,2H3. The minimum absolute atomic E-state index is 0.394. The zero-order chi connectivity index (χ0) is 14.0. The molecule has 0 aliphatic heterocycles. The number of ether oxygens (including phenoxy) is 2. The van der Waals surface area contributed by atoms with Crippen molar-refractivity contribution < 1.29 is 19.1 Å². The largest absolute Gasteiger partial charge is 0.466 e. The van der Waals surface area contributed by atoms with E-state index in [1.54, 1.807) is 12.1 Å². The van der Waals surface area contributed by atoms with E-state index in [-0.39, 0.29) is 0 Å². The molecular formula is C14H16O4. The molecule has 0 heterocycles. The van der Waals surface area contributed by atoms with Crippen molar-refractivity contribution in [3.05, 3.63) is 55.1 Å². The van der Waals surface area contributed by atoms with E-state index in [9.17, 15) is 9.59 Å². The fourth-order valence-electron chi connectivity index (χ4n) is 0.847. The summed E-state index contributed by atoms with van der Waals surface area (Å²) in [4.78, 5) is 20.6. The number of carbonyl (C=O) groups is 2. The zero-order valence-electron chi connectivity index (χ0n) is 10.5. The molecule has 18 heavy (non-hydrogen) atoms. The number of hydrogen-bond acceptors (Lipinski definition) is 4. The van der Waals surface area contributed by atoms with Gasteiger partial charge in [-0.25, -0.2) is 9.59 Å². The van der Waals surface area contributed by atoms with Crippen LogP contribution in [0, 0.1) is 6.92 Å². The van der Waals surface area contributed by atoms with Gasteiger partial charge in [0.05, 0.1) is 7.11 Å². The van der Waals surface area contributed by atoms with Crippen LogP contribution in [0.4, 0.5) is 0 Å². The second-order valence-corrected chi connectivity index (χ2v) is 3.17. The van der Waals surface area contributed by atoms with E-state index < -0.39 is 11.9 Å². The molecule has 4 heteroatoms. The van der Waals surface area contributed by atoms with Crippen LogP contribution in [0.25, 0.3) is 0 Å². The van der Waals surface area contributed by atoms with E-state index in [0.29, 0.717) is 5.75 Å². The fourth-order valence-corrected chi connectivity index (χ4v) is 0.847. The first-order chi connectivity index (χ1) is 8.53. The third kappa shape index (κ3) is 7.00. The molecule has 0 N–H and O–H groups in total. The molecule has 1 aromatic carbocycles. The lowest BCUT2D eigenvalue weighted by atomic mass is 10.2. The number of esters is 2. The number of hydrogen-bond donors (Lipinski definition) is 0. The predicted molar refractivity (Wildman–Crippen MR) is 69.2 cm³/mol. The van der Waals surface area contributed by atoms with E-state index >= 15 is 0 Å². The normalized spacial score (nSPS) is 8.33. The third-order valence-electron chi connectivity index (χ3n) is 1.77. The van der Waals surface area contributed by atoms with Crippen molar-refractivity contribution >= 4 is 11.9 Å². The Balaban J connectivity index is 0.000000411. The van der Waals surface area contributed by atoms with Crippen LogP contribution in [-0.2, 0) is 14.3 Å². The minimum Gasteiger partial charge on any atom is -0.466 e. The SMILES string of the molecule is C=CC(=O)OC.C=CC(=O)Oc1ccc(C)cc1. The fraction of sp³-hybridized carbons (Fsp3) is 0.143. The molecule has 1 aromatic rings. The first kappa shape index (κ1) is 15.6. The number of aryl methyl sites for hydroxylation is 1. The number of benzene rings is 1. The molecule has 0 unspecified atom stereocenters. The van der Waals surface area contributed by atoms with Crippen LogP contribution in [0.2, 0.25) is 0 Å². The maximum absolute atomic E-state index is 10.7. The third-order valence-corrected chi connectivity index (χ3v) is 1.77. The van der Waals surface area contributed by atoms with Crippen LogP contribution in [0.1, 0.15) is 5.56 Å². The second-order valence-electron chi connectivity index (χ2n) is 3.17. The summed E-state index contributed by atoms with van der Waals surface area (Å²) in [6.07, 6.45) is 2.25. The minimum atomic E-state index is -0.432. The molecule has 0 aliphatic carbocycles. The van der Waals surface area contributed by atoms with E-state index in [1.807, 2.05) is 19.1 Å².